The molecular weight excluding hydrogens is 284 g/mol. The highest BCUT2D eigenvalue weighted by molar-refractivity contribution is 7.80. The van der Waals surface area contributed by atoms with Crippen LogP contribution in [0.4, 0.5) is 11.4 Å². The highest BCUT2D eigenvalue weighted by Crippen LogP contribution is 2.17. The first kappa shape index (κ1) is 15.0. The average molecular weight is 300 g/mol. The number of ketones is 1. The standard InChI is InChI=1S/C16H16N2O2S/c1-11(19)12-5-3-6-13(9-12)17-16(21)18-14-7-4-8-15(10-14)20-2/h3-10H,1-2H3,(H2,17,18,21). The van der Waals surface area contributed by atoms with Gasteiger partial charge < -0.3 is 15.4 Å². The summed E-state index contributed by atoms with van der Waals surface area (Å²) in [7, 11) is 1.61. The van der Waals surface area contributed by atoms with Crippen molar-refractivity contribution >= 4 is 34.5 Å². The number of nitrogens with one attached hydrogen (secondary N) is 2. The molecule has 0 atom stereocenters. The predicted molar refractivity (Wildman–Crippen MR) is 89.3 cm³/mol. The fourth-order valence-corrected chi connectivity index (χ4v) is 2.05. The van der Waals surface area contributed by atoms with Gasteiger partial charge in [0.1, 0.15) is 5.75 Å². The molecule has 2 N–H and O–H groups in total. The zero-order valence-corrected chi connectivity index (χ0v) is 12.7. The number of carbonyl (C=O) groups excluding carboxylic acids is 1. The topological polar surface area (TPSA) is 50.4 Å². The van der Waals surface area contributed by atoms with Crippen molar-refractivity contribution in [3.8, 4) is 5.75 Å². The first-order chi connectivity index (χ1) is 10.1. The first-order valence-electron chi connectivity index (χ1n) is 6.41. The highest BCUT2D eigenvalue weighted by Gasteiger charge is 2.03. The lowest BCUT2D eigenvalue weighted by Gasteiger charge is -2.11. The van der Waals surface area contributed by atoms with Gasteiger partial charge in [-0.15, -0.1) is 0 Å². The Labute approximate surface area is 129 Å². The van der Waals surface area contributed by atoms with E-state index in [-0.39, 0.29) is 5.78 Å². The van der Waals surface area contributed by atoms with Gasteiger partial charge in [0.05, 0.1) is 7.11 Å². The van der Waals surface area contributed by atoms with Gasteiger partial charge in [0.2, 0.25) is 0 Å². The molecule has 2 aromatic rings. The van der Waals surface area contributed by atoms with Crippen molar-refractivity contribution in [2.75, 3.05) is 17.7 Å². The Morgan fingerprint density at radius 2 is 1.67 bits per heavy atom. The second-order valence-corrected chi connectivity index (χ2v) is 4.86. The SMILES string of the molecule is COc1cccc(NC(=S)Nc2cccc(C(C)=O)c2)c1. The third-order valence-corrected chi connectivity index (χ3v) is 3.06. The fourth-order valence-electron chi connectivity index (χ4n) is 1.81. The summed E-state index contributed by atoms with van der Waals surface area (Å²) in [6, 6.07) is 14.7. The molecule has 2 aromatic carbocycles. The number of thiocarbonyl (C=S) groups is 1. The van der Waals surface area contributed by atoms with Crippen LogP contribution in [0.2, 0.25) is 0 Å². The number of hydrogen-bond acceptors (Lipinski definition) is 3. The largest absolute Gasteiger partial charge is 0.497 e. The number of carbonyl (C=O) groups is 1. The van der Waals surface area contributed by atoms with Gasteiger partial charge in [0.15, 0.2) is 10.9 Å². The van der Waals surface area contributed by atoms with Crippen molar-refractivity contribution in [3.05, 3.63) is 54.1 Å². The molecule has 4 nitrogen and oxygen atoms in total. The van der Waals surface area contributed by atoms with Crippen molar-refractivity contribution < 1.29 is 9.53 Å². The number of Topliss-reactive ketones (excluding diaryl/α,β-unsaturated/α-hetero) is 1. The quantitative estimate of drug-likeness (QED) is 0.666. The molecule has 0 aliphatic carbocycles. The Balaban J connectivity index is 2.04. The lowest BCUT2D eigenvalue weighted by Crippen LogP contribution is -2.19. The van der Waals surface area contributed by atoms with Crippen LogP contribution in [-0.4, -0.2) is 18.0 Å². The number of benzene rings is 2. The number of rotatable bonds is 4. The normalized spacial score (nSPS) is 9.81. The second kappa shape index (κ2) is 6.85. The van der Waals surface area contributed by atoms with Gasteiger partial charge in [0, 0.05) is 23.0 Å². The third kappa shape index (κ3) is 4.29. The van der Waals surface area contributed by atoms with Crippen LogP contribution in [0.3, 0.4) is 0 Å². The molecule has 0 heterocycles. The van der Waals surface area contributed by atoms with Gasteiger partial charge in [-0.3, -0.25) is 4.79 Å². The summed E-state index contributed by atoms with van der Waals surface area (Å²) in [5, 5.41) is 6.57. The molecule has 0 saturated heterocycles. The van der Waals surface area contributed by atoms with E-state index in [1.807, 2.05) is 36.4 Å². The van der Waals surface area contributed by atoms with Crippen LogP contribution in [0.1, 0.15) is 17.3 Å². The number of anilines is 2. The Morgan fingerprint density at radius 1 is 1.05 bits per heavy atom. The molecule has 0 bridgehead atoms. The maximum Gasteiger partial charge on any atom is 0.175 e. The monoisotopic (exact) mass is 300 g/mol. The minimum absolute atomic E-state index is 0.0188. The second-order valence-electron chi connectivity index (χ2n) is 4.45. The summed E-state index contributed by atoms with van der Waals surface area (Å²) in [4.78, 5) is 11.4. The van der Waals surface area contributed by atoms with Crippen molar-refractivity contribution in [1.82, 2.24) is 0 Å². The lowest BCUT2D eigenvalue weighted by molar-refractivity contribution is 0.101. The van der Waals surface area contributed by atoms with Gasteiger partial charge in [-0.1, -0.05) is 18.2 Å². The predicted octanol–water partition coefficient (Wildman–Crippen LogP) is 3.71. The molecule has 108 valence electrons. The number of hydrogen-bond donors (Lipinski definition) is 2. The van der Waals surface area contributed by atoms with E-state index in [9.17, 15) is 4.79 Å². The van der Waals surface area contributed by atoms with E-state index in [0.29, 0.717) is 10.7 Å². The molecule has 0 spiro atoms. The van der Waals surface area contributed by atoms with Crippen molar-refractivity contribution in [2.24, 2.45) is 0 Å². The van der Waals surface area contributed by atoms with E-state index < -0.39 is 0 Å². The molecule has 0 radical (unpaired) electrons. The van der Waals surface area contributed by atoms with Crippen LogP contribution in [-0.2, 0) is 0 Å². The van der Waals surface area contributed by atoms with Crippen molar-refractivity contribution in [1.29, 1.82) is 0 Å². The molecule has 0 unspecified atom stereocenters. The maximum absolute atomic E-state index is 11.4. The summed E-state index contributed by atoms with van der Waals surface area (Å²) in [5.41, 5.74) is 2.24. The van der Waals surface area contributed by atoms with E-state index in [0.717, 1.165) is 17.1 Å². The van der Waals surface area contributed by atoms with Gasteiger partial charge in [0.25, 0.3) is 0 Å². The average Bonchev–Trinajstić information content (AvgIpc) is 2.47. The van der Waals surface area contributed by atoms with E-state index in [1.165, 1.54) is 6.92 Å². The van der Waals surface area contributed by atoms with Crippen molar-refractivity contribution in [3.63, 3.8) is 0 Å². The molecule has 21 heavy (non-hydrogen) atoms. The molecule has 0 aliphatic heterocycles. The van der Waals surface area contributed by atoms with E-state index >= 15 is 0 Å². The Morgan fingerprint density at radius 3 is 2.29 bits per heavy atom. The maximum atomic E-state index is 11.4. The zero-order chi connectivity index (χ0) is 15.2. The Bertz CT molecular complexity index is 671. The molecule has 0 aliphatic rings. The highest BCUT2D eigenvalue weighted by atomic mass is 32.1. The molecular formula is C16H16N2O2S. The minimum Gasteiger partial charge on any atom is -0.497 e. The van der Waals surface area contributed by atoms with Gasteiger partial charge in [-0.05, 0) is 43.4 Å². The minimum atomic E-state index is 0.0188. The van der Waals surface area contributed by atoms with Crippen LogP contribution in [0.25, 0.3) is 0 Å². The lowest BCUT2D eigenvalue weighted by atomic mass is 10.1. The molecule has 5 heteroatoms. The molecule has 0 saturated carbocycles. The van der Waals surface area contributed by atoms with Gasteiger partial charge >= 0.3 is 0 Å². The van der Waals surface area contributed by atoms with Gasteiger partial charge in [-0.2, -0.15) is 0 Å². The third-order valence-electron chi connectivity index (χ3n) is 2.85. The van der Waals surface area contributed by atoms with E-state index in [1.54, 1.807) is 19.2 Å². The summed E-state index contributed by atoms with van der Waals surface area (Å²) in [6.45, 7) is 1.53. The smallest absolute Gasteiger partial charge is 0.175 e. The van der Waals surface area contributed by atoms with Crippen LogP contribution in [0, 0.1) is 0 Å². The van der Waals surface area contributed by atoms with E-state index in [2.05, 4.69) is 10.6 Å². The van der Waals surface area contributed by atoms with Crippen LogP contribution in [0.15, 0.2) is 48.5 Å². The summed E-state index contributed by atoms with van der Waals surface area (Å²) in [5.74, 6) is 0.770. The van der Waals surface area contributed by atoms with Crippen LogP contribution < -0.4 is 15.4 Å². The van der Waals surface area contributed by atoms with Crippen LogP contribution >= 0.6 is 12.2 Å². The molecule has 0 aromatic heterocycles. The zero-order valence-electron chi connectivity index (χ0n) is 11.8. The van der Waals surface area contributed by atoms with Crippen LogP contribution in [0.5, 0.6) is 5.75 Å². The van der Waals surface area contributed by atoms with E-state index in [4.69, 9.17) is 17.0 Å². The number of methoxy groups -OCH3 is 1. The Hall–Kier alpha value is -2.40. The number of ether oxygens (including phenoxy) is 1. The molecule has 2 rings (SSSR count). The molecule has 0 fully saturated rings. The fraction of sp³-hybridized carbons (Fsp3) is 0.125. The van der Waals surface area contributed by atoms with Crippen molar-refractivity contribution in [2.45, 2.75) is 6.92 Å². The first-order valence-corrected chi connectivity index (χ1v) is 6.82. The summed E-state index contributed by atoms with van der Waals surface area (Å²) in [6.07, 6.45) is 0. The molecule has 0 amide bonds. The summed E-state index contributed by atoms with van der Waals surface area (Å²) >= 11 is 5.26. The summed E-state index contributed by atoms with van der Waals surface area (Å²) < 4.78 is 5.16. The van der Waals surface area contributed by atoms with Gasteiger partial charge in [-0.25, -0.2) is 0 Å². The Kier molecular flexibility index (Phi) is 4.90.